The van der Waals surface area contributed by atoms with Gasteiger partial charge in [0.25, 0.3) is 0 Å². The number of Topliss-reactive ketones (excluding diaryl/α,β-unsaturated/α-hetero) is 1. The van der Waals surface area contributed by atoms with E-state index >= 15 is 0 Å². The first-order valence-corrected chi connectivity index (χ1v) is 11.6. The Hall–Kier alpha value is -2.10. The lowest BCUT2D eigenvalue weighted by Crippen LogP contribution is -2.11. The zero-order valence-corrected chi connectivity index (χ0v) is 18.0. The van der Waals surface area contributed by atoms with Crippen molar-refractivity contribution in [2.45, 2.75) is 50.8 Å². The van der Waals surface area contributed by atoms with E-state index in [-0.39, 0.29) is 16.4 Å². The number of aryl methyl sites for hydroxylation is 2. The summed E-state index contributed by atoms with van der Waals surface area (Å²) in [5.41, 5.74) is 4.15. The minimum atomic E-state index is -3.79. The maximum Gasteiger partial charge on any atom is 0.238 e. The van der Waals surface area contributed by atoms with E-state index in [0.717, 1.165) is 29.0 Å². The molecule has 0 saturated carbocycles. The van der Waals surface area contributed by atoms with Crippen LogP contribution in [0.5, 0.6) is 0 Å². The minimum absolute atomic E-state index is 0.0281. The molecule has 0 aliphatic heterocycles. The molecule has 28 heavy (non-hydrogen) atoms. The molecule has 2 heterocycles. The lowest BCUT2D eigenvalue weighted by atomic mass is 10.2. The summed E-state index contributed by atoms with van der Waals surface area (Å²) >= 11 is 1.36. The number of hydrogen-bond donors (Lipinski definition) is 1. The monoisotopic (exact) mass is 420 g/mol. The molecule has 0 unspecified atom stereocenters. The molecule has 0 amide bonds. The number of fused-ring (bicyclic) bond motifs is 1. The highest BCUT2D eigenvalue weighted by atomic mass is 32.2. The number of benzene rings is 1. The first-order valence-electron chi connectivity index (χ1n) is 9.03. The molecule has 0 fully saturated rings. The largest absolute Gasteiger partial charge is 0.349 e. The second-order valence-corrected chi connectivity index (χ2v) is 9.08. The standard InChI is InChI=1S/C19H24N4O3S2/c1-5-22-12(3)9-15(13(22)4)18(24)11-27-19-21-16-10-14(28(20,25)26)7-8-17(16)23(19)6-2/h7-10H,5-6,11H2,1-4H3,(H2,20,25,26). The second-order valence-electron chi connectivity index (χ2n) is 6.58. The van der Waals surface area contributed by atoms with Crippen LogP contribution in [0.1, 0.15) is 35.6 Å². The van der Waals surface area contributed by atoms with E-state index in [1.807, 2.05) is 31.4 Å². The fourth-order valence-electron chi connectivity index (χ4n) is 3.46. The summed E-state index contributed by atoms with van der Waals surface area (Å²) in [6.07, 6.45) is 0. The lowest BCUT2D eigenvalue weighted by molar-refractivity contribution is 0.102. The zero-order chi connectivity index (χ0) is 20.6. The number of nitrogens with zero attached hydrogens (tertiary/aromatic N) is 3. The van der Waals surface area contributed by atoms with Gasteiger partial charge in [0.05, 0.1) is 21.7 Å². The molecule has 1 aromatic carbocycles. The number of aromatic nitrogens is 3. The first kappa shape index (κ1) is 20.6. The fourth-order valence-corrected chi connectivity index (χ4v) is 4.95. The Labute approximate surface area is 169 Å². The van der Waals surface area contributed by atoms with Gasteiger partial charge in [0.15, 0.2) is 10.9 Å². The van der Waals surface area contributed by atoms with Crippen LogP contribution in [0.4, 0.5) is 0 Å². The van der Waals surface area contributed by atoms with Gasteiger partial charge in [-0.05, 0) is 52.0 Å². The van der Waals surface area contributed by atoms with Crippen LogP contribution in [0, 0.1) is 13.8 Å². The molecule has 7 nitrogen and oxygen atoms in total. The predicted molar refractivity (Wildman–Crippen MR) is 111 cm³/mol. The Balaban J connectivity index is 1.89. The molecule has 150 valence electrons. The van der Waals surface area contributed by atoms with E-state index < -0.39 is 10.0 Å². The van der Waals surface area contributed by atoms with Crippen molar-refractivity contribution in [2.75, 3.05) is 5.75 Å². The summed E-state index contributed by atoms with van der Waals surface area (Å²) in [6, 6.07) is 6.58. The number of ketones is 1. The van der Waals surface area contributed by atoms with Crippen molar-refractivity contribution >= 4 is 38.6 Å². The Morgan fingerprint density at radius 2 is 1.82 bits per heavy atom. The molecule has 3 aromatic rings. The van der Waals surface area contributed by atoms with Crippen LogP contribution >= 0.6 is 11.8 Å². The Morgan fingerprint density at radius 3 is 2.39 bits per heavy atom. The normalized spacial score (nSPS) is 12.0. The molecule has 3 rings (SSSR count). The van der Waals surface area contributed by atoms with Crippen LogP contribution in [0.25, 0.3) is 11.0 Å². The van der Waals surface area contributed by atoms with E-state index in [1.54, 1.807) is 6.07 Å². The van der Waals surface area contributed by atoms with Crippen LogP contribution < -0.4 is 5.14 Å². The van der Waals surface area contributed by atoms with Gasteiger partial charge < -0.3 is 9.13 Å². The smallest absolute Gasteiger partial charge is 0.238 e. The molecule has 0 bridgehead atoms. The summed E-state index contributed by atoms with van der Waals surface area (Å²) in [6.45, 7) is 9.49. The molecule has 2 aromatic heterocycles. The van der Waals surface area contributed by atoms with Crippen LogP contribution in [0.2, 0.25) is 0 Å². The molecule has 0 radical (unpaired) electrons. The van der Waals surface area contributed by atoms with Gasteiger partial charge in [-0.3, -0.25) is 4.79 Å². The second kappa shape index (κ2) is 7.73. The van der Waals surface area contributed by atoms with Crippen LogP contribution in [0.15, 0.2) is 34.3 Å². The SMILES string of the molecule is CCn1c(C)cc(C(=O)CSc2nc3cc(S(N)(=O)=O)ccc3n2CC)c1C. The lowest BCUT2D eigenvalue weighted by Gasteiger charge is -2.07. The molecule has 0 aliphatic rings. The Bertz CT molecular complexity index is 1160. The highest BCUT2D eigenvalue weighted by molar-refractivity contribution is 7.99. The van der Waals surface area contributed by atoms with Crippen LogP contribution in [-0.2, 0) is 23.1 Å². The summed E-state index contributed by atoms with van der Waals surface area (Å²) in [5, 5.41) is 5.90. The van der Waals surface area contributed by atoms with Gasteiger partial charge in [0.1, 0.15) is 0 Å². The number of carbonyl (C=O) groups is 1. The summed E-state index contributed by atoms with van der Waals surface area (Å²) in [4.78, 5) is 17.3. The highest BCUT2D eigenvalue weighted by Crippen LogP contribution is 2.27. The molecule has 0 aliphatic carbocycles. The van der Waals surface area contributed by atoms with Crippen LogP contribution in [0.3, 0.4) is 0 Å². The van der Waals surface area contributed by atoms with E-state index in [4.69, 9.17) is 5.14 Å². The van der Waals surface area contributed by atoms with Crippen molar-refractivity contribution in [3.8, 4) is 0 Å². The van der Waals surface area contributed by atoms with Gasteiger partial charge in [-0.25, -0.2) is 18.5 Å². The third-order valence-electron chi connectivity index (χ3n) is 4.85. The van der Waals surface area contributed by atoms with Gasteiger partial charge >= 0.3 is 0 Å². The minimum Gasteiger partial charge on any atom is -0.349 e. The van der Waals surface area contributed by atoms with Crippen molar-refractivity contribution in [1.29, 1.82) is 0 Å². The van der Waals surface area contributed by atoms with Crippen molar-refractivity contribution in [2.24, 2.45) is 5.14 Å². The summed E-state index contributed by atoms with van der Waals surface area (Å²) in [5.74, 6) is 0.317. The number of thioether (sulfide) groups is 1. The maximum absolute atomic E-state index is 12.8. The number of carbonyl (C=O) groups excluding carboxylic acids is 1. The van der Waals surface area contributed by atoms with E-state index in [2.05, 4.69) is 16.5 Å². The topological polar surface area (TPSA) is 100.0 Å². The predicted octanol–water partition coefficient (Wildman–Crippen LogP) is 3.12. The number of primary sulfonamides is 1. The molecular formula is C19H24N4O3S2. The third kappa shape index (κ3) is 3.74. The molecule has 0 saturated heterocycles. The summed E-state index contributed by atoms with van der Waals surface area (Å²) < 4.78 is 27.3. The number of hydrogen-bond acceptors (Lipinski definition) is 5. The van der Waals surface area contributed by atoms with E-state index in [0.29, 0.717) is 17.2 Å². The molecule has 0 atom stereocenters. The fraction of sp³-hybridized carbons (Fsp3) is 0.368. The maximum atomic E-state index is 12.8. The zero-order valence-electron chi connectivity index (χ0n) is 16.4. The Morgan fingerprint density at radius 1 is 1.14 bits per heavy atom. The average molecular weight is 421 g/mol. The Kier molecular flexibility index (Phi) is 5.69. The molecule has 9 heteroatoms. The van der Waals surface area contributed by atoms with E-state index in [9.17, 15) is 13.2 Å². The van der Waals surface area contributed by atoms with Gasteiger partial charge in [-0.1, -0.05) is 11.8 Å². The highest BCUT2D eigenvalue weighted by Gasteiger charge is 2.18. The van der Waals surface area contributed by atoms with Crippen molar-refractivity contribution < 1.29 is 13.2 Å². The average Bonchev–Trinajstić information content (AvgIpc) is 3.14. The molecule has 2 N–H and O–H groups in total. The molecular weight excluding hydrogens is 396 g/mol. The first-order chi connectivity index (χ1) is 13.2. The van der Waals surface area contributed by atoms with E-state index in [1.165, 1.54) is 23.9 Å². The molecule has 0 spiro atoms. The summed E-state index contributed by atoms with van der Waals surface area (Å²) in [7, 11) is -3.79. The van der Waals surface area contributed by atoms with Crippen molar-refractivity contribution in [3.05, 3.63) is 41.2 Å². The van der Waals surface area contributed by atoms with Gasteiger partial charge in [0.2, 0.25) is 10.0 Å². The number of imidazole rings is 1. The number of sulfonamides is 1. The van der Waals surface area contributed by atoms with Crippen molar-refractivity contribution in [1.82, 2.24) is 14.1 Å². The van der Waals surface area contributed by atoms with Crippen molar-refractivity contribution in [3.63, 3.8) is 0 Å². The van der Waals surface area contributed by atoms with Crippen LogP contribution in [-0.4, -0.2) is 34.1 Å². The van der Waals surface area contributed by atoms with Gasteiger partial charge in [-0.15, -0.1) is 0 Å². The quantitative estimate of drug-likeness (QED) is 0.468. The van der Waals surface area contributed by atoms with Gasteiger partial charge in [0, 0.05) is 30.0 Å². The van der Waals surface area contributed by atoms with Gasteiger partial charge in [-0.2, -0.15) is 0 Å². The number of nitrogens with two attached hydrogens (primary N) is 1. The number of rotatable bonds is 7. The third-order valence-corrected chi connectivity index (χ3v) is 6.74.